The molecule has 0 saturated carbocycles. The Morgan fingerprint density at radius 3 is 2.38 bits per heavy atom. The van der Waals surface area contributed by atoms with Gasteiger partial charge < -0.3 is 10.1 Å². The van der Waals surface area contributed by atoms with Crippen LogP contribution in [0.1, 0.15) is 5.56 Å². The fraction of sp³-hybridized carbons (Fsp3) is 0.0417. The highest BCUT2D eigenvalue weighted by Crippen LogP contribution is 2.36. The number of hydrogen-bond acceptors (Lipinski definition) is 5. The van der Waals surface area contributed by atoms with Crippen LogP contribution in [-0.2, 0) is 9.59 Å². The number of para-hydroxylation sites is 2. The van der Waals surface area contributed by atoms with Crippen molar-refractivity contribution in [3.63, 3.8) is 0 Å². The number of nitrogens with zero attached hydrogens (tertiary/aromatic N) is 1. The number of halogens is 1. The number of thioether (sulfide) groups is 1. The largest absolute Gasteiger partial charge is 0.482 e. The molecule has 3 aromatic rings. The Balaban J connectivity index is 1.42. The van der Waals surface area contributed by atoms with Gasteiger partial charge in [0.15, 0.2) is 6.61 Å². The van der Waals surface area contributed by atoms with Gasteiger partial charge in [-0.25, -0.2) is 4.90 Å². The highest BCUT2D eigenvalue weighted by Gasteiger charge is 2.36. The standard InChI is InChI=1S/C24H17ClN2O4S/c25-19-13-16(11-12-20(19)31-15-22(28)26-17-7-3-1-4-8-17)14-21-23(29)27(24(30)32-21)18-9-5-2-6-10-18/h1-14H,15H2,(H,26,28)/b21-14+. The Hall–Kier alpha value is -3.55. The van der Waals surface area contributed by atoms with E-state index in [1.807, 2.05) is 24.3 Å². The molecule has 1 aliphatic heterocycles. The molecule has 3 amide bonds. The quantitative estimate of drug-likeness (QED) is 0.480. The molecular formula is C24H17ClN2O4S. The summed E-state index contributed by atoms with van der Waals surface area (Å²) in [5.41, 5.74) is 1.83. The van der Waals surface area contributed by atoms with Crippen LogP contribution in [0.2, 0.25) is 5.02 Å². The van der Waals surface area contributed by atoms with Crippen molar-refractivity contribution in [2.45, 2.75) is 0 Å². The molecule has 1 aliphatic rings. The van der Waals surface area contributed by atoms with E-state index in [1.54, 1.807) is 60.7 Å². The summed E-state index contributed by atoms with van der Waals surface area (Å²) in [6.45, 7) is -0.204. The topological polar surface area (TPSA) is 75.7 Å². The van der Waals surface area contributed by atoms with Crippen molar-refractivity contribution in [2.75, 3.05) is 16.8 Å². The van der Waals surface area contributed by atoms with Gasteiger partial charge in [-0.1, -0.05) is 54.1 Å². The van der Waals surface area contributed by atoms with Gasteiger partial charge in [-0.2, -0.15) is 0 Å². The smallest absolute Gasteiger partial charge is 0.298 e. The van der Waals surface area contributed by atoms with E-state index in [4.69, 9.17) is 16.3 Å². The van der Waals surface area contributed by atoms with Crippen molar-refractivity contribution in [3.05, 3.63) is 94.4 Å². The van der Waals surface area contributed by atoms with Crippen LogP contribution in [0.3, 0.4) is 0 Å². The first-order valence-electron chi connectivity index (χ1n) is 9.61. The molecule has 160 valence electrons. The summed E-state index contributed by atoms with van der Waals surface area (Å²) in [6.07, 6.45) is 1.60. The second kappa shape index (κ2) is 9.72. The maximum Gasteiger partial charge on any atom is 0.298 e. The van der Waals surface area contributed by atoms with Crippen molar-refractivity contribution in [3.8, 4) is 5.75 Å². The maximum absolute atomic E-state index is 12.7. The second-order valence-electron chi connectivity index (χ2n) is 6.75. The Morgan fingerprint density at radius 2 is 1.69 bits per heavy atom. The number of anilines is 2. The average Bonchev–Trinajstić information content (AvgIpc) is 3.07. The van der Waals surface area contributed by atoms with E-state index in [-0.39, 0.29) is 28.7 Å². The van der Waals surface area contributed by atoms with Crippen LogP contribution in [0.15, 0.2) is 83.8 Å². The second-order valence-corrected chi connectivity index (χ2v) is 8.15. The van der Waals surface area contributed by atoms with Crippen LogP contribution < -0.4 is 15.0 Å². The predicted octanol–water partition coefficient (Wildman–Crippen LogP) is 5.60. The van der Waals surface area contributed by atoms with Gasteiger partial charge in [-0.3, -0.25) is 14.4 Å². The Labute approximate surface area is 193 Å². The van der Waals surface area contributed by atoms with E-state index in [1.165, 1.54) is 0 Å². The normalized spacial score (nSPS) is 14.7. The number of carbonyl (C=O) groups excluding carboxylic acids is 3. The van der Waals surface area contributed by atoms with Gasteiger partial charge in [-0.05, 0) is 59.8 Å². The van der Waals surface area contributed by atoms with Crippen LogP contribution in [0.5, 0.6) is 5.75 Å². The molecule has 1 saturated heterocycles. The Kier molecular flexibility index (Phi) is 6.58. The molecule has 32 heavy (non-hydrogen) atoms. The summed E-state index contributed by atoms with van der Waals surface area (Å²) < 4.78 is 5.51. The minimum atomic E-state index is -0.389. The van der Waals surface area contributed by atoms with E-state index >= 15 is 0 Å². The van der Waals surface area contributed by atoms with E-state index in [0.29, 0.717) is 27.6 Å². The first-order chi connectivity index (χ1) is 15.5. The number of carbonyl (C=O) groups is 3. The van der Waals surface area contributed by atoms with Gasteiger partial charge in [0.05, 0.1) is 15.6 Å². The zero-order valence-electron chi connectivity index (χ0n) is 16.7. The number of amides is 3. The van der Waals surface area contributed by atoms with Crippen LogP contribution in [0.25, 0.3) is 6.08 Å². The van der Waals surface area contributed by atoms with Crippen LogP contribution in [0.4, 0.5) is 16.2 Å². The molecule has 0 unspecified atom stereocenters. The lowest BCUT2D eigenvalue weighted by Gasteiger charge is -2.11. The first-order valence-corrected chi connectivity index (χ1v) is 10.8. The third-order valence-electron chi connectivity index (χ3n) is 4.48. The SMILES string of the molecule is O=C(COc1ccc(/C=C2/SC(=O)N(c3ccccc3)C2=O)cc1Cl)Nc1ccccc1. The minimum absolute atomic E-state index is 0.204. The molecular weight excluding hydrogens is 448 g/mol. The minimum Gasteiger partial charge on any atom is -0.482 e. The highest BCUT2D eigenvalue weighted by molar-refractivity contribution is 8.19. The monoisotopic (exact) mass is 464 g/mol. The van der Waals surface area contributed by atoms with E-state index in [0.717, 1.165) is 16.7 Å². The fourth-order valence-electron chi connectivity index (χ4n) is 3.00. The summed E-state index contributed by atoms with van der Waals surface area (Å²) in [4.78, 5) is 38.5. The van der Waals surface area contributed by atoms with Crippen molar-refractivity contribution < 1.29 is 19.1 Å². The summed E-state index contributed by atoms with van der Waals surface area (Å²) in [5, 5.41) is 2.65. The zero-order chi connectivity index (χ0) is 22.5. The lowest BCUT2D eigenvalue weighted by Crippen LogP contribution is -2.27. The van der Waals surface area contributed by atoms with Crippen molar-refractivity contribution in [2.24, 2.45) is 0 Å². The van der Waals surface area contributed by atoms with Crippen LogP contribution in [-0.4, -0.2) is 23.7 Å². The zero-order valence-corrected chi connectivity index (χ0v) is 18.2. The van der Waals surface area contributed by atoms with Gasteiger partial charge in [0.2, 0.25) is 0 Å². The molecule has 0 aliphatic carbocycles. The van der Waals surface area contributed by atoms with Gasteiger partial charge in [0.1, 0.15) is 5.75 Å². The van der Waals surface area contributed by atoms with E-state index in [9.17, 15) is 14.4 Å². The van der Waals surface area contributed by atoms with Gasteiger partial charge >= 0.3 is 0 Å². The highest BCUT2D eigenvalue weighted by atomic mass is 35.5. The van der Waals surface area contributed by atoms with Crippen molar-refractivity contribution >= 4 is 57.9 Å². The molecule has 1 heterocycles. The molecule has 0 atom stereocenters. The third kappa shape index (κ3) is 5.01. The van der Waals surface area contributed by atoms with E-state index < -0.39 is 0 Å². The number of hydrogen-bond donors (Lipinski definition) is 1. The molecule has 0 aromatic heterocycles. The lowest BCUT2D eigenvalue weighted by molar-refractivity contribution is -0.118. The van der Waals surface area contributed by atoms with Crippen molar-refractivity contribution in [1.82, 2.24) is 0 Å². The van der Waals surface area contributed by atoms with E-state index in [2.05, 4.69) is 5.32 Å². The molecule has 8 heteroatoms. The molecule has 3 aromatic carbocycles. The predicted molar refractivity (Wildman–Crippen MR) is 127 cm³/mol. The van der Waals surface area contributed by atoms with Gasteiger partial charge in [-0.15, -0.1) is 0 Å². The number of ether oxygens (including phenoxy) is 1. The van der Waals surface area contributed by atoms with Crippen LogP contribution >= 0.6 is 23.4 Å². The summed E-state index contributed by atoms with van der Waals surface area (Å²) >= 11 is 7.16. The summed E-state index contributed by atoms with van der Waals surface area (Å²) in [7, 11) is 0. The molecule has 0 bridgehead atoms. The molecule has 0 radical (unpaired) electrons. The average molecular weight is 465 g/mol. The summed E-state index contributed by atoms with van der Waals surface area (Å²) in [5.74, 6) is -0.365. The maximum atomic E-state index is 12.7. The fourth-order valence-corrected chi connectivity index (χ4v) is 4.09. The number of rotatable bonds is 6. The molecule has 4 rings (SSSR count). The Bertz CT molecular complexity index is 1200. The molecule has 6 nitrogen and oxygen atoms in total. The van der Waals surface area contributed by atoms with Gasteiger partial charge in [0.25, 0.3) is 17.1 Å². The van der Waals surface area contributed by atoms with Crippen LogP contribution in [0, 0.1) is 0 Å². The first kappa shape index (κ1) is 21.7. The number of imide groups is 1. The molecule has 1 N–H and O–H groups in total. The molecule has 0 spiro atoms. The Morgan fingerprint density at radius 1 is 1.00 bits per heavy atom. The lowest BCUT2D eigenvalue weighted by atomic mass is 10.2. The van der Waals surface area contributed by atoms with Gasteiger partial charge in [0, 0.05) is 5.69 Å². The van der Waals surface area contributed by atoms with Crippen molar-refractivity contribution in [1.29, 1.82) is 0 Å². The number of benzene rings is 3. The third-order valence-corrected chi connectivity index (χ3v) is 5.64. The number of nitrogens with one attached hydrogen (secondary N) is 1. The summed E-state index contributed by atoms with van der Waals surface area (Å²) in [6, 6.07) is 22.7. The molecule has 1 fully saturated rings.